The van der Waals surface area contributed by atoms with Crippen LogP contribution in [0.2, 0.25) is 0 Å². The molecule has 0 unspecified atom stereocenters. The summed E-state index contributed by atoms with van der Waals surface area (Å²) in [6.45, 7) is 3.68. The third-order valence-corrected chi connectivity index (χ3v) is 5.68. The van der Waals surface area contributed by atoms with Crippen LogP contribution < -0.4 is 4.72 Å². The average Bonchev–Trinajstić information content (AvgIpc) is 2.36. The van der Waals surface area contributed by atoms with Crippen LogP contribution in [0.1, 0.15) is 26.7 Å². The average molecular weight is 331 g/mol. The molecule has 1 rings (SSSR count). The summed E-state index contributed by atoms with van der Waals surface area (Å²) in [5, 5.41) is 0. The van der Waals surface area contributed by atoms with Crippen molar-refractivity contribution < 1.29 is 21.6 Å². The zero-order chi connectivity index (χ0) is 16.3. The van der Waals surface area contributed by atoms with Gasteiger partial charge in [0.05, 0.1) is 6.54 Å². The summed E-state index contributed by atoms with van der Waals surface area (Å²) >= 11 is 0. The quantitative estimate of drug-likeness (QED) is 0.801. The summed E-state index contributed by atoms with van der Waals surface area (Å²) in [6, 6.07) is -0.281. The molecule has 1 atom stereocenters. The molecule has 1 N–H and O–H groups in total. The maximum atomic E-state index is 12.3. The molecule has 1 saturated heterocycles. The molecule has 0 bridgehead atoms. The third-order valence-electron chi connectivity index (χ3n) is 3.93. The van der Waals surface area contributed by atoms with Crippen LogP contribution in [0.4, 0.5) is 13.2 Å². The Kier molecular flexibility index (Phi) is 6.45. The van der Waals surface area contributed by atoms with Gasteiger partial charge in [0, 0.05) is 19.6 Å². The van der Waals surface area contributed by atoms with E-state index in [9.17, 15) is 21.6 Å². The van der Waals surface area contributed by atoms with Gasteiger partial charge in [0.15, 0.2) is 0 Å². The number of alkyl halides is 3. The first-order valence-corrected chi connectivity index (χ1v) is 8.52. The second-order valence-corrected chi connectivity index (χ2v) is 7.36. The molecule has 126 valence electrons. The van der Waals surface area contributed by atoms with Gasteiger partial charge in [-0.2, -0.15) is 30.6 Å². The molecule has 1 aliphatic rings. The Morgan fingerprint density at radius 1 is 1.33 bits per heavy atom. The van der Waals surface area contributed by atoms with Crippen LogP contribution in [0.25, 0.3) is 0 Å². The maximum Gasteiger partial charge on any atom is 0.401 e. The van der Waals surface area contributed by atoms with Crippen LogP contribution in [0.3, 0.4) is 0 Å². The van der Waals surface area contributed by atoms with E-state index in [2.05, 4.69) is 4.72 Å². The maximum absolute atomic E-state index is 12.3. The Morgan fingerprint density at radius 3 is 2.29 bits per heavy atom. The van der Waals surface area contributed by atoms with Crippen LogP contribution in [-0.2, 0) is 10.2 Å². The fourth-order valence-electron chi connectivity index (χ4n) is 2.46. The highest BCUT2D eigenvalue weighted by atomic mass is 32.2. The number of hydrogen-bond acceptors (Lipinski definition) is 3. The van der Waals surface area contributed by atoms with Crippen LogP contribution in [0, 0.1) is 5.92 Å². The minimum Gasteiger partial charge on any atom is -0.295 e. The molecule has 0 aromatic rings. The summed E-state index contributed by atoms with van der Waals surface area (Å²) in [6.07, 6.45) is -3.05. The first kappa shape index (κ1) is 18.7. The zero-order valence-corrected chi connectivity index (χ0v) is 13.5. The van der Waals surface area contributed by atoms with Gasteiger partial charge in [-0.3, -0.25) is 4.90 Å². The number of piperidine rings is 1. The molecule has 9 heteroatoms. The van der Waals surface area contributed by atoms with Crippen molar-refractivity contribution in [2.45, 2.75) is 38.9 Å². The van der Waals surface area contributed by atoms with Crippen molar-refractivity contribution in [3.8, 4) is 0 Å². The molecule has 1 aliphatic heterocycles. The highest BCUT2D eigenvalue weighted by Gasteiger charge is 2.34. The standard InChI is InChI=1S/C12H24F3N3O2S/c1-4-17(3)21(19,20)16-10(2)11-5-7-18(8-6-11)9-12(13,14)15/h10-11,16H,4-9H2,1-3H3/t10-/m0/s1. The van der Waals surface area contributed by atoms with Crippen molar-refractivity contribution in [1.29, 1.82) is 0 Å². The van der Waals surface area contributed by atoms with Crippen molar-refractivity contribution in [3.05, 3.63) is 0 Å². The summed E-state index contributed by atoms with van der Waals surface area (Å²) in [4.78, 5) is 1.37. The van der Waals surface area contributed by atoms with Crippen LogP contribution in [0.15, 0.2) is 0 Å². The van der Waals surface area contributed by atoms with Gasteiger partial charge in [0.2, 0.25) is 0 Å². The second-order valence-electron chi connectivity index (χ2n) is 5.55. The van der Waals surface area contributed by atoms with E-state index in [0.29, 0.717) is 32.5 Å². The molecular weight excluding hydrogens is 307 g/mol. The van der Waals surface area contributed by atoms with E-state index in [1.165, 1.54) is 16.3 Å². The lowest BCUT2D eigenvalue weighted by atomic mass is 9.91. The molecular formula is C12H24F3N3O2S. The van der Waals surface area contributed by atoms with E-state index in [0.717, 1.165) is 0 Å². The number of nitrogens with one attached hydrogen (secondary N) is 1. The van der Waals surface area contributed by atoms with Crippen molar-refractivity contribution in [2.24, 2.45) is 5.92 Å². The van der Waals surface area contributed by atoms with Gasteiger partial charge in [0.25, 0.3) is 10.2 Å². The highest BCUT2D eigenvalue weighted by molar-refractivity contribution is 7.87. The van der Waals surface area contributed by atoms with Crippen molar-refractivity contribution in [1.82, 2.24) is 13.9 Å². The van der Waals surface area contributed by atoms with Crippen LogP contribution >= 0.6 is 0 Å². The second kappa shape index (κ2) is 7.26. The van der Waals surface area contributed by atoms with Gasteiger partial charge >= 0.3 is 6.18 Å². The monoisotopic (exact) mass is 331 g/mol. The number of nitrogens with zero attached hydrogens (tertiary/aromatic N) is 2. The van der Waals surface area contributed by atoms with Gasteiger partial charge in [-0.1, -0.05) is 6.92 Å². The van der Waals surface area contributed by atoms with Crippen molar-refractivity contribution >= 4 is 10.2 Å². The van der Waals surface area contributed by atoms with E-state index >= 15 is 0 Å². The highest BCUT2D eigenvalue weighted by Crippen LogP contribution is 2.24. The molecule has 0 radical (unpaired) electrons. The Balaban J connectivity index is 2.47. The molecule has 0 amide bonds. The molecule has 0 aliphatic carbocycles. The predicted octanol–water partition coefficient (Wildman–Crippen LogP) is 1.44. The van der Waals surface area contributed by atoms with Gasteiger partial charge in [0.1, 0.15) is 0 Å². The molecule has 21 heavy (non-hydrogen) atoms. The Morgan fingerprint density at radius 2 is 1.86 bits per heavy atom. The van der Waals surface area contributed by atoms with Crippen molar-refractivity contribution in [2.75, 3.05) is 33.2 Å². The van der Waals surface area contributed by atoms with Crippen LogP contribution in [-0.4, -0.2) is 63.1 Å². The molecule has 1 heterocycles. The molecule has 0 spiro atoms. The Hall–Kier alpha value is -0.380. The fraction of sp³-hybridized carbons (Fsp3) is 1.00. The molecule has 0 aromatic heterocycles. The third kappa shape index (κ3) is 6.09. The largest absolute Gasteiger partial charge is 0.401 e. The first-order valence-electron chi connectivity index (χ1n) is 7.08. The summed E-state index contributed by atoms with van der Waals surface area (Å²) in [7, 11) is -2.02. The molecule has 5 nitrogen and oxygen atoms in total. The number of rotatable bonds is 6. The zero-order valence-electron chi connectivity index (χ0n) is 12.7. The van der Waals surface area contributed by atoms with E-state index in [-0.39, 0.29) is 12.0 Å². The van der Waals surface area contributed by atoms with E-state index < -0.39 is 22.9 Å². The topological polar surface area (TPSA) is 52.7 Å². The smallest absolute Gasteiger partial charge is 0.295 e. The SMILES string of the molecule is CCN(C)S(=O)(=O)N[C@@H](C)C1CCN(CC(F)(F)F)CC1. The van der Waals surface area contributed by atoms with Gasteiger partial charge in [-0.05, 0) is 38.8 Å². The lowest BCUT2D eigenvalue weighted by molar-refractivity contribution is -0.148. The summed E-state index contributed by atoms with van der Waals surface area (Å²) in [5.41, 5.74) is 0. The summed E-state index contributed by atoms with van der Waals surface area (Å²) in [5.74, 6) is 0.0644. The normalized spacial score (nSPS) is 20.9. The first-order chi connectivity index (χ1) is 9.55. The summed E-state index contributed by atoms with van der Waals surface area (Å²) < 4.78 is 64.6. The lowest BCUT2D eigenvalue weighted by Crippen LogP contribution is -2.48. The van der Waals surface area contributed by atoms with Gasteiger partial charge < -0.3 is 0 Å². The lowest BCUT2D eigenvalue weighted by Gasteiger charge is -2.35. The minimum atomic E-state index is -4.18. The van der Waals surface area contributed by atoms with Crippen molar-refractivity contribution in [3.63, 3.8) is 0 Å². The number of hydrogen-bond donors (Lipinski definition) is 1. The van der Waals surface area contributed by atoms with Crippen LogP contribution in [0.5, 0.6) is 0 Å². The van der Waals surface area contributed by atoms with Gasteiger partial charge in [-0.15, -0.1) is 0 Å². The minimum absolute atomic E-state index is 0.0644. The fourth-order valence-corrected chi connectivity index (χ4v) is 3.64. The Bertz CT molecular complexity index is 420. The molecule has 0 aromatic carbocycles. The molecule has 0 saturated carbocycles. The van der Waals surface area contributed by atoms with E-state index in [1.54, 1.807) is 13.8 Å². The Labute approximate surface area is 124 Å². The van der Waals surface area contributed by atoms with E-state index in [4.69, 9.17) is 0 Å². The van der Waals surface area contributed by atoms with E-state index in [1.807, 2.05) is 0 Å². The number of likely N-dealkylation sites (tertiary alicyclic amines) is 1. The predicted molar refractivity (Wildman–Crippen MR) is 75.0 cm³/mol. The number of halogens is 3. The molecule has 1 fully saturated rings. The van der Waals surface area contributed by atoms with Gasteiger partial charge in [-0.25, -0.2) is 0 Å².